The average molecular weight is 611 g/mol. The third-order valence-corrected chi connectivity index (χ3v) is 7.24. The fourth-order valence-electron chi connectivity index (χ4n) is 4.95. The molecule has 0 bridgehead atoms. The molecular formula is C27H30O16. The fourth-order valence-corrected chi connectivity index (χ4v) is 4.95. The maximum Gasteiger partial charge on any atom is 0.239 e. The van der Waals surface area contributed by atoms with Crippen molar-refractivity contribution in [1.82, 2.24) is 0 Å². The highest BCUT2D eigenvalue weighted by Crippen LogP contribution is 2.38. The molecule has 2 saturated heterocycles. The largest absolute Gasteiger partial charge is 0.508 e. The molecule has 3 aromatic rings. The van der Waals surface area contributed by atoms with Crippen molar-refractivity contribution in [3.05, 3.63) is 46.6 Å². The molecule has 2 aliphatic rings. The molecule has 0 spiro atoms. The van der Waals surface area contributed by atoms with E-state index in [-0.39, 0.29) is 22.7 Å². The van der Waals surface area contributed by atoms with Crippen LogP contribution < -0.4 is 10.2 Å². The lowest BCUT2D eigenvalue weighted by Crippen LogP contribution is -2.65. The number of rotatable bonds is 7. The van der Waals surface area contributed by atoms with E-state index in [2.05, 4.69) is 0 Å². The highest BCUT2D eigenvalue weighted by atomic mass is 16.7. The predicted octanol–water partition coefficient (Wildman–Crippen LogP) is -2.42. The summed E-state index contributed by atoms with van der Waals surface area (Å²) in [5.74, 6) is -2.07. The number of aromatic hydroxyl groups is 3. The van der Waals surface area contributed by atoms with Crippen LogP contribution in [0.3, 0.4) is 0 Å². The Morgan fingerprint density at radius 3 is 2.00 bits per heavy atom. The van der Waals surface area contributed by atoms with Crippen molar-refractivity contribution in [2.24, 2.45) is 0 Å². The highest BCUT2D eigenvalue weighted by molar-refractivity contribution is 5.88. The van der Waals surface area contributed by atoms with Crippen LogP contribution in [0.5, 0.6) is 23.0 Å². The number of ether oxygens (including phenoxy) is 4. The van der Waals surface area contributed by atoms with Crippen molar-refractivity contribution in [2.75, 3.05) is 13.2 Å². The fraction of sp³-hybridized carbons (Fsp3) is 0.444. The van der Waals surface area contributed by atoms with E-state index in [1.165, 1.54) is 24.3 Å². The molecule has 16 heteroatoms. The Hall–Kier alpha value is -3.55. The molecule has 0 radical (unpaired) electrons. The zero-order chi connectivity index (χ0) is 31.2. The molecule has 0 amide bonds. The van der Waals surface area contributed by atoms with E-state index in [4.69, 9.17) is 23.4 Å². The van der Waals surface area contributed by atoms with Crippen LogP contribution in [0.25, 0.3) is 22.3 Å². The molecule has 234 valence electrons. The van der Waals surface area contributed by atoms with E-state index < -0.39 is 103 Å². The van der Waals surface area contributed by atoms with Crippen LogP contribution in [0.1, 0.15) is 0 Å². The number of benzene rings is 2. The van der Waals surface area contributed by atoms with Gasteiger partial charge in [-0.3, -0.25) is 4.79 Å². The van der Waals surface area contributed by atoms with Gasteiger partial charge in [0, 0.05) is 17.7 Å². The lowest BCUT2D eigenvalue weighted by molar-refractivity contribution is -0.352. The van der Waals surface area contributed by atoms with Crippen molar-refractivity contribution in [2.45, 2.75) is 61.4 Å². The number of hydrogen-bond donors (Lipinski definition) is 10. The molecule has 2 fully saturated rings. The van der Waals surface area contributed by atoms with Crippen molar-refractivity contribution in [1.29, 1.82) is 0 Å². The summed E-state index contributed by atoms with van der Waals surface area (Å²) >= 11 is 0. The molecule has 0 aliphatic carbocycles. The van der Waals surface area contributed by atoms with Crippen LogP contribution in [0.15, 0.2) is 45.6 Å². The van der Waals surface area contributed by atoms with Crippen molar-refractivity contribution in [3.8, 4) is 34.3 Å². The van der Waals surface area contributed by atoms with Crippen LogP contribution >= 0.6 is 0 Å². The van der Waals surface area contributed by atoms with Gasteiger partial charge >= 0.3 is 0 Å². The number of phenolic OH excluding ortho intramolecular Hbond substituents is 3. The van der Waals surface area contributed by atoms with Gasteiger partial charge in [0.15, 0.2) is 12.1 Å². The molecule has 10 N–H and O–H groups in total. The van der Waals surface area contributed by atoms with Crippen molar-refractivity contribution in [3.63, 3.8) is 0 Å². The first-order valence-corrected chi connectivity index (χ1v) is 13.0. The van der Waals surface area contributed by atoms with E-state index in [1.54, 1.807) is 0 Å². The smallest absolute Gasteiger partial charge is 0.239 e. The van der Waals surface area contributed by atoms with E-state index in [0.29, 0.717) is 0 Å². The van der Waals surface area contributed by atoms with Crippen molar-refractivity contribution >= 4 is 11.0 Å². The Morgan fingerprint density at radius 1 is 0.721 bits per heavy atom. The Morgan fingerprint density at radius 2 is 1.35 bits per heavy atom. The van der Waals surface area contributed by atoms with Gasteiger partial charge in [0.2, 0.25) is 17.5 Å². The Labute approximate surface area is 241 Å². The quantitative estimate of drug-likeness (QED) is 0.133. The molecule has 0 unspecified atom stereocenters. The second-order valence-electron chi connectivity index (χ2n) is 10.1. The van der Waals surface area contributed by atoms with Crippen LogP contribution in [0, 0.1) is 0 Å². The van der Waals surface area contributed by atoms with E-state index in [0.717, 1.165) is 12.1 Å². The minimum atomic E-state index is -1.99. The lowest BCUT2D eigenvalue weighted by Gasteiger charge is -2.45. The van der Waals surface area contributed by atoms with Gasteiger partial charge < -0.3 is 74.4 Å². The normalized spacial score (nSPS) is 33.0. The van der Waals surface area contributed by atoms with E-state index >= 15 is 0 Å². The predicted molar refractivity (Wildman–Crippen MR) is 140 cm³/mol. The second-order valence-corrected chi connectivity index (χ2v) is 10.1. The van der Waals surface area contributed by atoms with Crippen LogP contribution in [-0.4, -0.2) is 126 Å². The Kier molecular flexibility index (Phi) is 8.77. The summed E-state index contributed by atoms with van der Waals surface area (Å²) in [6.45, 7) is -1.62. The minimum Gasteiger partial charge on any atom is -0.508 e. The summed E-state index contributed by atoms with van der Waals surface area (Å²) in [5.41, 5.74) is -1.01. The number of fused-ring (bicyclic) bond motifs is 1. The minimum absolute atomic E-state index is 0.116. The average Bonchev–Trinajstić information content (AvgIpc) is 2.97. The first-order valence-electron chi connectivity index (χ1n) is 13.0. The highest BCUT2D eigenvalue weighted by Gasteiger charge is 2.51. The van der Waals surface area contributed by atoms with Gasteiger partial charge in [-0.25, -0.2) is 0 Å². The van der Waals surface area contributed by atoms with Gasteiger partial charge in [0.1, 0.15) is 77.0 Å². The first kappa shape index (κ1) is 30.9. The summed E-state index contributed by atoms with van der Waals surface area (Å²) in [4.78, 5) is 13.6. The second kappa shape index (κ2) is 12.2. The monoisotopic (exact) mass is 610 g/mol. The summed E-state index contributed by atoms with van der Waals surface area (Å²) < 4.78 is 27.9. The lowest BCUT2D eigenvalue weighted by atomic mass is 9.97. The molecule has 0 saturated carbocycles. The molecule has 1 aromatic heterocycles. The summed E-state index contributed by atoms with van der Waals surface area (Å²) in [6, 6.07) is 7.25. The molecule has 2 aliphatic heterocycles. The number of aliphatic hydroxyl groups is 7. The maximum atomic E-state index is 13.6. The summed E-state index contributed by atoms with van der Waals surface area (Å²) in [7, 11) is 0. The van der Waals surface area contributed by atoms with Gasteiger partial charge in [-0.15, -0.1) is 0 Å². The van der Waals surface area contributed by atoms with E-state index in [1.807, 2.05) is 0 Å². The third kappa shape index (κ3) is 5.73. The first-order chi connectivity index (χ1) is 20.4. The molecule has 10 atom stereocenters. The zero-order valence-electron chi connectivity index (χ0n) is 22.1. The summed E-state index contributed by atoms with van der Waals surface area (Å²) in [6.07, 6.45) is -17.4. The third-order valence-electron chi connectivity index (χ3n) is 7.24. The maximum absolute atomic E-state index is 13.6. The number of phenols is 3. The van der Waals surface area contributed by atoms with Gasteiger partial charge in [0.25, 0.3) is 0 Å². The molecule has 16 nitrogen and oxygen atoms in total. The number of hydrogen-bond acceptors (Lipinski definition) is 16. The topological polar surface area (TPSA) is 269 Å². The van der Waals surface area contributed by atoms with E-state index in [9.17, 15) is 55.9 Å². The van der Waals surface area contributed by atoms with Gasteiger partial charge in [0.05, 0.1) is 13.2 Å². The van der Waals surface area contributed by atoms with Crippen molar-refractivity contribution < 1.29 is 74.4 Å². The molecule has 2 aromatic carbocycles. The van der Waals surface area contributed by atoms with Gasteiger partial charge in [-0.2, -0.15) is 0 Å². The molecule has 5 rings (SSSR count). The van der Waals surface area contributed by atoms with Gasteiger partial charge in [-0.1, -0.05) is 0 Å². The molecule has 43 heavy (non-hydrogen) atoms. The summed E-state index contributed by atoms with van der Waals surface area (Å²) in [5, 5.41) is 101. The Bertz CT molecular complexity index is 1490. The molecule has 3 heterocycles. The van der Waals surface area contributed by atoms with Crippen LogP contribution in [0.4, 0.5) is 0 Å². The SMILES string of the molecule is O=c1c(O[C@@H]2O[C@H](CO)[C@H](O[C@@H]3O[C@H](CO)[C@H](O)[C@H](O)[C@H]3O)[C@H](O)[C@H]2O)c(-c2ccc(O)cc2)oc2cc(O)cc(O)c12. The number of aliphatic hydroxyl groups excluding tert-OH is 7. The van der Waals surface area contributed by atoms with Crippen LogP contribution in [0.2, 0.25) is 0 Å². The Balaban J connectivity index is 1.47. The van der Waals surface area contributed by atoms with Gasteiger partial charge in [-0.05, 0) is 24.3 Å². The molecular weight excluding hydrogens is 580 g/mol. The standard InChI is InChI=1S/C27H30O16/c28-7-14-17(33)19(35)21(37)26(40-14)42-24-15(8-29)41-27(22(38)20(24)36)43-25-18(34)16-12(32)5-11(31)6-13(16)39-23(25)9-1-3-10(30)4-2-9/h1-6,14-15,17,19-22,24,26-33,35-38H,7-8H2/t14-,15-,17+,19+,20-,21-,22-,24+,26+,27+/m1/s1. The van der Waals surface area contributed by atoms with Crippen LogP contribution in [-0.2, 0) is 14.2 Å². The zero-order valence-corrected chi connectivity index (χ0v) is 22.1.